The molecule has 0 heterocycles. The van der Waals surface area contributed by atoms with Crippen LogP contribution in [0, 0.1) is 0 Å². The third-order valence-electron chi connectivity index (χ3n) is 13.2. The SMILES string of the molecule is CC1(C)c2ccccc2-c2ccc(N(c3ccc(-c4cc5ccccc5c5ccccc45)cc3)c3ccc(Cc4ccccc4)c(-c4ccccc4Cc4ccccc4)c3)cc21. The molecule has 0 amide bonds. The van der Waals surface area contributed by atoms with Crippen LogP contribution in [0.5, 0.6) is 0 Å². The summed E-state index contributed by atoms with van der Waals surface area (Å²) in [6.07, 6.45) is 1.71. The molecule has 1 nitrogen and oxygen atoms in total. The van der Waals surface area contributed by atoms with Crippen LogP contribution in [0.3, 0.4) is 0 Å². The van der Waals surface area contributed by atoms with Crippen LogP contribution in [-0.4, -0.2) is 0 Å². The van der Waals surface area contributed by atoms with Gasteiger partial charge >= 0.3 is 0 Å². The number of hydrogen-bond donors (Lipinski definition) is 0. The van der Waals surface area contributed by atoms with Gasteiger partial charge < -0.3 is 4.90 Å². The molecule has 0 N–H and O–H groups in total. The number of nitrogens with zero attached hydrogens (tertiary/aromatic N) is 1. The van der Waals surface area contributed by atoms with Crippen LogP contribution in [0.4, 0.5) is 17.1 Å². The van der Waals surface area contributed by atoms with Gasteiger partial charge in [0, 0.05) is 22.5 Å². The smallest absolute Gasteiger partial charge is 0.0467 e. The Bertz CT molecular complexity index is 3250. The summed E-state index contributed by atoms with van der Waals surface area (Å²) in [7, 11) is 0. The number of rotatable bonds is 9. The predicted octanol–water partition coefficient (Wildman–Crippen LogP) is 16.3. The Balaban J connectivity index is 1.09. The second-order valence-electron chi connectivity index (χ2n) is 17.3. The summed E-state index contributed by atoms with van der Waals surface area (Å²) in [4.78, 5) is 2.47. The molecule has 296 valence electrons. The molecular weight excluding hydrogens is 747 g/mol. The van der Waals surface area contributed by atoms with Gasteiger partial charge in [0.1, 0.15) is 0 Å². The standard InChI is InChI=1S/C61H47N/c1-61(2)59-28-16-15-27-55(59)56-36-35-50(41-60(56)61)62(48-32-29-44(30-33-48)57-39-46-22-10-11-23-51(46)53-25-13-14-26-54(53)57)49-34-31-47(38-43-19-7-4-8-20-43)58(40-49)52-24-12-9-21-45(52)37-42-17-5-3-6-18-42/h3-36,39-41H,37-38H2,1-2H3. The van der Waals surface area contributed by atoms with E-state index in [9.17, 15) is 0 Å². The Morgan fingerprint density at radius 1 is 0.339 bits per heavy atom. The maximum atomic E-state index is 2.47. The zero-order valence-electron chi connectivity index (χ0n) is 35.2. The molecular formula is C61H47N. The first-order valence-electron chi connectivity index (χ1n) is 21.8. The van der Waals surface area contributed by atoms with Crippen molar-refractivity contribution in [1.82, 2.24) is 0 Å². The molecule has 10 aromatic carbocycles. The van der Waals surface area contributed by atoms with E-state index in [4.69, 9.17) is 0 Å². The lowest BCUT2D eigenvalue weighted by atomic mass is 9.82. The van der Waals surface area contributed by atoms with Gasteiger partial charge in [0.15, 0.2) is 0 Å². The molecule has 0 fully saturated rings. The molecule has 1 heteroatoms. The minimum absolute atomic E-state index is 0.129. The zero-order valence-corrected chi connectivity index (χ0v) is 35.2. The van der Waals surface area contributed by atoms with Crippen LogP contribution in [0.2, 0.25) is 0 Å². The fourth-order valence-electron chi connectivity index (χ4n) is 10.0. The minimum atomic E-state index is -0.129. The quantitative estimate of drug-likeness (QED) is 0.132. The van der Waals surface area contributed by atoms with Crippen LogP contribution in [0.1, 0.15) is 47.2 Å². The van der Waals surface area contributed by atoms with E-state index in [1.807, 2.05) is 0 Å². The highest BCUT2D eigenvalue weighted by molar-refractivity contribution is 6.13. The molecule has 0 atom stereocenters. The maximum absolute atomic E-state index is 2.47. The van der Waals surface area contributed by atoms with E-state index < -0.39 is 0 Å². The Morgan fingerprint density at radius 3 is 1.61 bits per heavy atom. The van der Waals surface area contributed by atoms with E-state index in [1.165, 1.54) is 88.3 Å². The first-order valence-corrected chi connectivity index (χ1v) is 21.8. The van der Waals surface area contributed by atoms with E-state index >= 15 is 0 Å². The van der Waals surface area contributed by atoms with Gasteiger partial charge in [0.2, 0.25) is 0 Å². The largest absolute Gasteiger partial charge is 0.310 e. The van der Waals surface area contributed by atoms with E-state index in [2.05, 4.69) is 243 Å². The lowest BCUT2D eigenvalue weighted by Gasteiger charge is -2.29. The van der Waals surface area contributed by atoms with Crippen molar-refractivity contribution in [3.05, 3.63) is 258 Å². The molecule has 0 aliphatic heterocycles. The summed E-state index contributed by atoms with van der Waals surface area (Å²) in [5, 5.41) is 5.09. The monoisotopic (exact) mass is 793 g/mol. The molecule has 0 unspecified atom stereocenters. The molecule has 10 aromatic rings. The lowest BCUT2D eigenvalue weighted by Crippen LogP contribution is -2.16. The molecule has 0 saturated carbocycles. The number of anilines is 3. The van der Waals surface area contributed by atoms with Crippen LogP contribution in [0.15, 0.2) is 224 Å². The van der Waals surface area contributed by atoms with Crippen molar-refractivity contribution in [2.24, 2.45) is 0 Å². The highest BCUT2D eigenvalue weighted by Crippen LogP contribution is 2.51. The van der Waals surface area contributed by atoms with Crippen molar-refractivity contribution in [1.29, 1.82) is 0 Å². The normalized spacial score (nSPS) is 12.6. The second kappa shape index (κ2) is 15.5. The predicted molar refractivity (Wildman–Crippen MR) is 263 cm³/mol. The molecule has 11 rings (SSSR count). The van der Waals surface area contributed by atoms with Crippen molar-refractivity contribution < 1.29 is 0 Å². The third-order valence-corrected chi connectivity index (χ3v) is 13.2. The fourth-order valence-corrected chi connectivity index (χ4v) is 10.0. The molecule has 0 radical (unpaired) electrons. The molecule has 0 bridgehead atoms. The summed E-state index contributed by atoms with van der Waals surface area (Å²) < 4.78 is 0. The Labute approximate surface area is 365 Å². The van der Waals surface area contributed by atoms with E-state index in [0.717, 1.165) is 29.9 Å². The summed E-state index contributed by atoms with van der Waals surface area (Å²) in [6.45, 7) is 4.74. The number of fused-ring (bicyclic) bond motifs is 6. The molecule has 1 aliphatic rings. The lowest BCUT2D eigenvalue weighted by molar-refractivity contribution is 0.660. The van der Waals surface area contributed by atoms with Gasteiger partial charge in [-0.2, -0.15) is 0 Å². The van der Waals surface area contributed by atoms with Crippen LogP contribution in [-0.2, 0) is 18.3 Å². The first kappa shape index (κ1) is 37.5. The van der Waals surface area contributed by atoms with Crippen LogP contribution in [0.25, 0.3) is 54.9 Å². The van der Waals surface area contributed by atoms with E-state index in [0.29, 0.717) is 0 Å². The van der Waals surface area contributed by atoms with Crippen molar-refractivity contribution in [3.8, 4) is 33.4 Å². The van der Waals surface area contributed by atoms with Crippen molar-refractivity contribution in [2.75, 3.05) is 4.90 Å². The highest BCUT2D eigenvalue weighted by atomic mass is 15.1. The third kappa shape index (κ3) is 6.67. The van der Waals surface area contributed by atoms with E-state index in [1.54, 1.807) is 0 Å². The summed E-state index contributed by atoms with van der Waals surface area (Å²) in [5.74, 6) is 0. The van der Waals surface area contributed by atoms with Gasteiger partial charge in [-0.3, -0.25) is 0 Å². The first-order chi connectivity index (χ1) is 30.5. The van der Waals surface area contributed by atoms with Crippen molar-refractivity contribution in [2.45, 2.75) is 32.1 Å². The molecule has 1 aliphatic carbocycles. The summed E-state index contributed by atoms with van der Waals surface area (Å²) in [6, 6.07) is 83.0. The maximum Gasteiger partial charge on any atom is 0.0467 e. The minimum Gasteiger partial charge on any atom is -0.310 e. The van der Waals surface area contributed by atoms with Gasteiger partial charge in [-0.1, -0.05) is 196 Å². The van der Waals surface area contributed by atoms with Gasteiger partial charge in [0.25, 0.3) is 0 Å². The zero-order chi connectivity index (χ0) is 41.6. The van der Waals surface area contributed by atoms with Crippen LogP contribution >= 0.6 is 0 Å². The topological polar surface area (TPSA) is 3.24 Å². The molecule has 0 saturated heterocycles. The Morgan fingerprint density at radius 2 is 0.871 bits per heavy atom. The van der Waals surface area contributed by atoms with Crippen LogP contribution < -0.4 is 4.90 Å². The molecule has 0 spiro atoms. The average molecular weight is 794 g/mol. The average Bonchev–Trinajstić information content (AvgIpc) is 3.55. The fraction of sp³-hybridized carbons (Fsp3) is 0.0820. The van der Waals surface area contributed by atoms with Gasteiger partial charge in [-0.15, -0.1) is 0 Å². The van der Waals surface area contributed by atoms with Crippen molar-refractivity contribution >= 4 is 38.6 Å². The highest BCUT2D eigenvalue weighted by Gasteiger charge is 2.35. The van der Waals surface area contributed by atoms with E-state index in [-0.39, 0.29) is 5.41 Å². The number of hydrogen-bond acceptors (Lipinski definition) is 1. The second-order valence-corrected chi connectivity index (χ2v) is 17.3. The van der Waals surface area contributed by atoms with Gasteiger partial charge in [0.05, 0.1) is 0 Å². The summed E-state index contributed by atoms with van der Waals surface area (Å²) in [5.41, 5.74) is 18.9. The number of benzene rings is 10. The molecule has 0 aromatic heterocycles. The van der Waals surface area contributed by atoms with Crippen molar-refractivity contribution in [3.63, 3.8) is 0 Å². The molecule has 62 heavy (non-hydrogen) atoms. The Hall–Kier alpha value is -7.48. The Kier molecular flexibility index (Phi) is 9.39. The summed E-state index contributed by atoms with van der Waals surface area (Å²) >= 11 is 0. The van der Waals surface area contributed by atoms with Gasteiger partial charge in [-0.25, -0.2) is 0 Å². The van der Waals surface area contributed by atoms with Gasteiger partial charge in [-0.05, 0) is 144 Å².